The number of carbonyl (C=O) groups is 1. The monoisotopic (exact) mass is 266 g/mol. The van der Waals surface area contributed by atoms with Gasteiger partial charge in [-0.05, 0) is 31.0 Å². The van der Waals surface area contributed by atoms with Crippen LogP contribution in [-0.2, 0) is 0 Å². The molecule has 0 radical (unpaired) electrons. The van der Waals surface area contributed by atoms with Gasteiger partial charge in [-0.25, -0.2) is 0 Å². The van der Waals surface area contributed by atoms with Crippen LogP contribution in [0.4, 0.5) is 0 Å². The molecular weight excluding hydrogens is 244 g/mol. The third kappa shape index (κ3) is 3.86. The summed E-state index contributed by atoms with van der Waals surface area (Å²) in [5.41, 5.74) is 5.89. The van der Waals surface area contributed by atoms with Crippen molar-refractivity contribution in [1.29, 1.82) is 0 Å². The van der Waals surface area contributed by atoms with Crippen LogP contribution in [0.15, 0.2) is 18.2 Å². The zero-order chi connectivity index (χ0) is 14.5. The van der Waals surface area contributed by atoms with Crippen molar-refractivity contribution in [3.05, 3.63) is 23.8 Å². The third-order valence-electron chi connectivity index (χ3n) is 3.46. The number of phenols is 1. The zero-order valence-electron chi connectivity index (χ0n) is 11.7. The number of hydrogen-bond donors (Lipinski definition) is 3. The number of ether oxygens (including phenoxy) is 1. The van der Waals surface area contributed by atoms with Crippen molar-refractivity contribution in [2.45, 2.75) is 32.2 Å². The number of aromatic hydroxyl groups is 1. The zero-order valence-corrected chi connectivity index (χ0v) is 11.7. The van der Waals surface area contributed by atoms with Gasteiger partial charge in [0.1, 0.15) is 11.5 Å². The maximum atomic E-state index is 12.0. The maximum Gasteiger partial charge on any atom is 0.255 e. The first-order chi connectivity index (χ1) is 8.95. The van der Waals surface area contributed by atoms with Crippen LogP contribution in [0.5, 0.6) is 11.5 Å². The van der Waals surface area contributed by atoms with E-state index in [1.54, 1.807) is 6.07 Å². The minimum atomic E-state index is -0.413. The molecule has 5 heteroatoms. The number of amides is 1. The van der Waals surface area contributed by atoms with Gasteiger partial charge in [0, 0.05) is 12.1 Å². The Morgan fingerprint density at radius 2 is 2.05 bits per heavy atom. The Morgan fingerprint density at radius 1 is 1.42 bits per heavy atom. The molecule has 5 nitrogen and oxygen atoms in total. The highest BCUT2D eigenvalue weighted by atomic mass is 16.5. The highest BCUT2D eigenvalue weighted by Gasteiger charge is 2.22. The lowest BCUT2D eigenvalue weighted by Gasteiger charge is -2.26. The Bertz CT molecular complexity index is 442. The van der Waals surface area contributed by atoms with Crippen molar-refractivity contribution in [1.82, 2.24) is 5.32 Å². The largest absolute Gasteiger partial charge is 0.507 e. The van der Waals surface area contributed by atoms with E-state index in [1.165, 1.54) is 19.2 Å². The normalized spacial score (nSPS) is 11.2. The topological polar surface area (TPSA) is 84.6 Å². The number of carbonyl (C=O) groups excluding carboxylic acids is 1. The standard InChI is InChI=1S/C14H22N2O3/c1-4-14(15,5-2)9-16-13(18)11-8-10(19-3)6-7-12(11)17/h6-8,17H,4-5,9,15H2,1-3H3,(H,16,18). The molecule has 4 N–H and O–H groups in total. The van der Waals surface area contributed by atoms with Crippen LogP contribution >= 0.6 is 0 Å². The van der Waals surface area contributed by atoms with E-state index in [9.17, 15) is 9.90 Å². The van der Waals surface area contributed by atoms with Crippen molar-refractivity contribution >= 4 is 5.91 Å². The van der Waals surface area contributed by atoms with Gasteiger partial charge in [-0.1, -0.05) is 13.8 Å². The molecule has 0 unspecified atom stereocenters. The molecule has 1 rings (SSSR count). The molecule has 0 bridgehead atoms. The molecule has 106 valence electrons. The molecule has 0 heterocycles. The van der Waals surface area contributed by atoms with E-state index in [1.807, 2.05) is 13.8 Å². The van der Waals surface area contributed by atoms with E-state index in [4.69, 9.17) is 10.5 Å². The van der Waals surface area contributed by atoms with E-state index in [2.05, 4.69) is 5.32 Å². The number of nitrogens with two attached hydrogens (primary N) is 1. The predicted molar refractivity (Wildman–Crippen MR) is 74.5 cm³/mol. The summed E-state index contributed by atoms with van der Waals surface area (Å²) in [6.45, 7) is 4.34. The van der Waals surface area contributed by atoms with Crippen molar-refractivity contribution < 1.29 is 14.6 Å². The van der Waals surface area contributed by atoms with Crippen molar-refractivity contribution in [3.63, 3.8) is 0 Å². The number of rotatable bonds is 6. The summed E-state index contributed by atoms with van der Waals surface area (Å²) < 4.78 is 5.03. The Labute approximate surface area is 113 Å². The summed E-state index contributed by atoms with van der Waals surface area (Å²) in [5.74, 6) is 0.0926. The van der Waals surface area contributed by atoms with Crippen LogP contribution in [0.25, 0.3) is 0 Å². The van der Waals surface area contributed by atoms with Crippen LogP contribution in [-0.4, -0.2) is 30.2 Å². The van der Waals surface area contributed by atoms with E-state index in [0.717, 1.165) is 12.8 Å². The highest BCUT2D eigenvalue weighted by molar-refractivity contribution is 5.97. The van der Waals surface area contributed by atoms with Crippen molar-refractivity contribution in [2.24, 2.45) is 5.73 Å². The van der Waals surface area contributed by atoms with E-state index >= 15 is 0 Å². The lowest BCUT2D eigenvalue weighted by molar-refractivity contribution is 0.0939. The molecule has 0 aliphatic carbocycles. The molecule has 19 heavy (non-hydrogen) atoms. The molecule has 0 aliphatic rings. The molecule has 0 saturated heterocycles. The number of benzene rings is 1. The summed E-state index contributed by atoms with van der Waals surface area (Å²) in [5, 5.41) is 12.5. The number of nitrogens with one attached hydrogen (secondary N) is 1. The molecule has 0 atom stereocenters. The summed E-state index contributed by atoms with van der Waals surface area (Å²) in [6.07, 6.45) is 1.54. The summed E-state index contributed by atoms with van der Waals surface area (Å²) >= 11 is 0. The second kappa shape index (κ2) is 6.43. The lowest BCUT2D eigenvalue weighted by atomic mass is 9.94. The average Bonchev–Trinajstić information content (AvgIpc) is 2.45. The molecule has 1 amide bonds. The molecule has 0 fully saturated rings. The maximum absolute atomic E-state index is 12.0. The van der Waals surface area contributed by atoms with Gasteiger partial charge in [0.25, 0.3) is 5.91 Å². The minimum absolute atomic E-state index is 0.0751. The molecule has 0 saturated carbocycles. The first-order valence-electron chi connectivity index (χ1n) is 6.40. The summed E-state index contributed by atoms with van der Waals surface area (Å²) in [7, 11) is 1.51. The fourth-order valence-electron chi connectivity index (χ4n) is 1.68. The van der Waals surface area contributed by atoms with Gasteiger partial charge in [-0.15, -0.1) is 0 Å². The quantitative estimate of drug-likeness (QED) is 0.731. The predicted octanol–water partition coefficient (Wildman–Crippen LogP) is 1.65. The molecule has 1 aromatic carbocycles. The number of phenolic OH excluding ortho intramolecular Hbond substituents is 1. The van der Waals surface area contributed by atoms with Crippen molar-refractivity contribution in [3.8, 4) is 11.5 Å². The number of methoxy groups -OCH3 is 1. The van der Waals surface area contributed by atoms with Gasteiger partial charge < -0.3 is 20.9 Å². The van der Waals surface area contributed by atoms with Gasteiger partial charge in [-0.3, -0.25) is 4.79 Å². The Balaban J connectivity index is 2.78. The Kier molecular flexibility index (Phi) is 5.18. The average molecular weight is 266 g/mol. The Morgan fingerprint density at radius 3 is 2.58 bits per heavy atom. The fraction of sp³-hybridized carbons (Fsp3) is 0.500. The SMILES string of the molecule is CCC(N)(CC)CNC(=O)c1cc(OC)ccc1O. The minimum Gasteiger partial charge on any atom is -0.507 e. The molecule has 1 aromatic rings. The third-order valence-corrected chi connectivity index (χ3v) is 3.46. The lowest BCUT2D eigenvalue weighted by Crippen LogP contribution is -2.49. The summed E-state index contributed by atoms with van der Waals surface area (Å²) in [6, 6.07) is 4.53. The first-order valence-corrected chi connectivity index (χ1v) is 6.40. The Hall–Kier alpha value is -1.75. The molecule has 0 aromatic heterocycles. The van der Waals surface area contributed by atoms with E-state index in [-0.39, 0.29) is 17.2 Å². The van der Waals surface area contributed by atoms with Crippen LogP contribution in [0.2, 0.25) is 0 Å². The summed E-state index contributed by atoms with van der Waals surface area (Å²) in [4.78, 5) is 12.0. The number of hydrogen-bond acceptors (Lipinski definition) is 4. The van der Waals surface area contributed by atoms with Crippen LogP contribution in [0, 0.1) is 0 Å². The van der Waals surface area contributed by atoms with E-state index in [0.29, 0.717) is 12.3 Å². The fourth-order valence-corrected chi connectivity index (χ4v) is 1.68. The molecule has 0 aliphatic heterocycles. The molecular formula is C14H22N2O3. The van der Waals surface area contributed by atoms with Gasteiger partial charge in [0.2, 0.25) is 0 Å². The van der Waals surface area contributed by atoms with Gasteiger partial charge >= 0.3 is 0 Å². The second-order valence-corrected chi connectivity index (χ2v) is 4.64. The smallest absolute Gasteiger partial charge is 0.255 e. The highest BCUT2D eigenvalue weighted by Crippen LogP contribution is 2.22. The van der Waals surface area contributed by atoms with Crippen molar-refractivity contribution in [2.75, 3.05) is 13.7 Å². The van der Waals surface area contributed by atoms with E-state index < -0.39 is 5.54 Å². The van der Waals surface area contributed by atoms with Crippen LogP contribution in [0.3, 0.4) is 0 Å². The first kappa shape index (κ1) is 15.3. The van der Waals surface area contributed by atoms with Crippen LogP contribution in [0.1, 0.15) is 37.0 Å². The van der Waals surface area contributed by atoms with Gasteiger partial charge in [-0.2, -0.15) is 0 Å². The molecule has 0 spiro atoms. The van der Waals surface area contributed by atoms with Gasteiger partial charge in [0.05, 0.1) is 12.7 Å². The second-order valence-electron chi connectivity index (χ2n) is 4.64. The van der Waals surface area contributed by atoms with Crippen LogP contribution < -0.4 is 15.8 Å². The van der Waals surface area contributed by atoms with Gasteiger partial charge in [0.15, 0.2) is 0 Å².